The Hall–Kier alpha value is -6.78. The summed E-state index contributed by atoms with van der Waals surface area (Å²) in [6.45, 7) is 11.5. The van der Waals surface area contributed by atoms with Crippen molar-refractivity contribution >= 4 is 29.1 Å². The maximum atomic E-state index is 12.4. The highest BCUT2D eigenvalue weighted by molar-refractivity contribution is 6.17. The van der Waals surface area contributed by atoms with Gasteiger partial charge in [0.1, 0.15) is 59.0 Å². The minimum Gasteiger partial charge on any atom is -0.493 e. The molecule has 0 aliphatic rings. The topological polar surface area (TPSA) is 116 Å². The van der Waals surface area contributed by atoms with Gasteiger partial charge in [-0.2, -0.15) is 0 Å². The predicted octanol–water partition coefficient (Wildman–Crippen LogP) is 13.4. The normalized spacial score (nSPS) is 10.6. The summed E-state index contributed by atoms with van der Waals surface area (Å²) in [4.78, 5) is 36.6. The summed E-state index contributed by atoms with van der Waals surface area (Å²) < 4.78 is 41.3. The van der Waals surface area contributed by atoms with Crippen LogP contribution in [0.25, 0.3) is 0 Å². The minimum atomic E-state index is -0.456. The predicted molar refractivity (Wildman–Crippen MR) is 268 cm³/mol. The van der Waals surface area contributed by atoms with Crippen LogP contribution in [0.3, 0.4) is 0 Å². The van der Waals surface area contributed by atoms with Crippen molar-refractivity contribution in [1.29, 1.82) is 0 Å². The Morgan fingerprint density at radius 1 is 0.485 bits per heavy atom. The largest absolute Gasteiger partial charge is 0.493 e. The molecule has 0 spiro atoms. The van der Waals surface area contributed by atoms with Gasteiger partial charge in [0.05, 0.1) is 38.1 Å². The van der Waals surface area contributed by atoms with Crippen molar-refractivity contribution in [3.63, 3.8) is 0 Å². The number of Topliss-reactive ketones (excluding diaryl/α,β-unsaturated/α-hetero) is 2. The molecule has 0 amide bonds. The molecule has 0 saturated heterocycles. The second-order valence-corrected chi connectivity index (χ2v) is 16.2. The first-order valence-corrected chi connectivity index (χ1v) is 23.7. The number of para-hydroxylation sites is 1. The Morgan fingerprint density at radius 2 is 0.956 bits per heavy atom. The summed E-state index contributed by atoms with van der Waals surface area (Å²) in [6.07, 6.45) is 4.56. The van der Waals surface area contributed by atoms with Crippen molar-refractivity contribution < 1.29 is 47.5 Å². The lowest BCUT2D eigenvalue weighted by Crippen LogP contribution is -2.09. The molecule has 0 aromatic heterocycles. The molecule has 68 heavy (non-hydrogen) atoms. The summed E-state index contributed by atoms with van der Waals surface area (Å²) in [7, 11) is 1.35. The van der Waals surface area contributed by atoms with E-state index in [4.69, 9.17) is 44.8 Å². The molecule has 0 bridgehead atoms. The maximum Gasteiger partial charge on any atom is 0.341 e. The van der Waals surface area contributed by atoms with Gasteiger partial charge in [0.25, 0.3) is 0 Å². The quantitative estimate of drug-likeness (QED) is 0.0238. The Bertz CT molecular complexity index is 2540. The van der Waals surface area contributed by atoms with Gasteiger partial charge in [0.15, 0.2) is 11.6 Å². The third-order valence-electron chi connectivity index (χ3n) is 10.8. The fraction of sp³-hybridized carbons (Fsp3) is 0.316. The van der Waals surface area contributed by atoms with E-state index in [9.17, 15) is 14.4 Å². The number of methoxy groups -OCH3 is 1. The molecule has 6 aromatic rings. The van der Waals surface area contributed by atoms with Gasteiger partial charge >= 0.3 is 5.97 Å². The molecular weight excluding hydrogens is 880 g/mol. The number of carbonyl (C=O) groups excluding carboxylic acids is 3. The van der Waals surface area contributed by atoms with Gasteiger partial charge in [0, 0.05) is 30.0 Å². The smallest absolute Gasteiger partial charge is 0.341 e. The number of hydrogen-bond acceptors (Lipinski definition) is 10. The number of esters is 1. The number of carbonyl (C=O) groups is 3. The van der Waals surface area contributed by atoms with Crippen LogP contribution in [0.5, 0.6) is 40.2 Å². The van der Waals surface area contributed by atoms with Crippen LogP contribution in [-0.4, -0.2) is 50.3 Å². The number of alkyl halides is 1. The molecule has 0 aliphatic heterocycles. The second kappa shape index (κ2) is 27.8. The van der Waals surface area contributed by atoms with Crippen molar-refractivity contribution in [2.24, 2.45) is 0 Å². The molecule has 6 rings (SSSR count). The van der Waals surface area contributed by atoms with E-state index in [2.05, 4.69) is 6.92 Å². The molecule has 358 valence electrons. The molecule has 0 fully saturated rings. The lowest BCUT2D eigenvalue weighted by molar-refractivity contribution is 0.0597. The number of ketones is 2. The molecule has 6 aromatic carbocycles. The minimum absolute atomic E-state index is 0.0138. The highest BCUT2D eigenvalue weighted by Gasteiger charge is 2.19. The fourth-order valence-electron chi connectivity index (χ4n) is 7.18. The van der Waals surface area contributed by atoms with Crippen LogP contribution < -0.4 is 28.4 Å². The van der Waals surface area contributed by atoms with Crippen molar-refractivity contribution in [3.8, 4) is 40.2 Å². The Balaban J connectivity index is 0.000000303. The highest BCUT2D eigenvalue weighted by Crippen LogP contribution is 2.36. The van der Waals surface area contributed by atoms with Crippen LogP contribution in [0, 0.1) is 0 Å². The van der Waals surface area contributed by atoms with Gasteiger partial charge in [-0.15, -0.1) is 11.6 Å². The van der Waals surface area contributed by atoms with Crippen molar-refractivity contribution in [2.45, 2.75) is 86.4 Å². The molecule has 0 radical (unpaired) electrons. The number of rotatable bonds is 25. The highest BCUT2D eigenvalue weighted by atomic mass is 35.5. The van der Waals surface area contributed by atoms with Crippen LogP contribution in [-0.2, 0) is 37.2 Å². The average Bonchev–Trinajstić information content (AvgIpc) is 3.36. The van der Waals surface area contributed by atoms with Crippen LogP contribution in [0.2, 0.25) is 0 Å². The first-order valence-electron chi connectivity index (χ1n) is 23.2. The van der Waals surface area contributed by atoms with Gasteiger partial charge in [-0.1, -0.05) is 106 Å². The number of benzene rings is 6. The fourth-order valence-corrected chi connectivity index (χ4v) is 7.29. The zero-order chi connectivity index (χ0) is 48.7. The zero-order valence-electron chi connectivity index (χ0n) is 40.1. The van der Waals surface area contributed by atoms with E-state index < -0.39 is 5.97 Å². The van der Waals surface area contributed by atoms with Crippen molar-refractivity contribution in [3.05, 3.63) is 172 Å². The van der Waals surface area contributed by atoms with E-state index in [1.165, 1.54) is 7.11 Å². The molecule has 0 unspecified atom stereocenters. The molecule has 0 saturated carbocycles. The number of ether oxygens (including phenoxy) is 7. The van der Waals surface area contributed by atoms with Gasteiger partial charge in [-0.3, -0.25) is 9.59 Å². The second-order valence-electron chi connectivity index (χ2n) is 15.8. The maximum absolute atomic E-state index is 12.4. The van der Waals surface area contributed by atoms with Crippen LogP contribution in [0.4, 0.5) is 0 Å². The van der Waals surface area contributed by atoms with Crippen LogP contribution in [0.1, 0.15) is 113 Å². The van der Waals surface area contributed by atoms with Crippen molar-refractivity contribution in [2.75, 3.05) is 32.8 Å². The SMILES string of the molecule is CCCc1c(OCCCOc2cc(OCc3ccccc3)c(C(C)=O)cc2CC)cccc1Oc1ccccc1C(=O)OC.CCc1cc(C(C)=O)c(OCc2ccccc2)cc1OCCCCl. The summed E-state index contributed by atoms with van der Waals surface area (Å²) >= 11 is 5.71. The molecule has 11 heteroatoms. The van der Waals surface area contributed by atoms with E-state index in [-0.39, 0.29) is 11.6 Å². The van der Waals surface area contributed by atoms with E-state index in [1.807, 2.05) is 123 Å². The lowest BCUT2D eigenvalue weighted by atomic mass is 10.0. The number of halogens is 1. The van der Waals surface area contributed by atoms with Gasteiger partial charge in [-0.05, 0) is 98.2 Å². The van der Waals surface area contributed by atoms with E-state index in [0.717, 1.165) is 71.4 Å². The number of hydrogen-bond donors (Lipinski definition) is 0. The van der Waals surface area contributed by atoms with Gasteiger partial charge < -0.3 is 33.2 Å². The summed E-state index contributed by atoms with van der Waals surface area (Å²) in [5.74, 6) is 4.37. The monoisotopic (exact) mass is 942 g/mol. The third kappa shape index (κ3) is 15.4. The summed E-state index contributed by atoms with van der Waals surface area (Å²) in [6, 6.07) is 39.8. The molecular formula is C57H63ClO10. The Morgan fingerprint density at radius 3 is 1.44 bits per heavy atom. The summed E-state index contributed by atoms with van der Waals surface area (Å²) in [5, 5.41) is 0. The average molecular weight is 944 g/mol. The molecule has 0 N–H and O–H groups in total. The standard InChI is InChI=1S/C37H40O7.C20H23ClO3/c1-5-14-29-32(19-12-20-33(29)44-34-18-11-10-17-30(34)37(39)40-4)41-21-13-22-42-35-24-36(31(26(3)38)23-28(35)6-2)43-25-27-15-8-7-9-16-27;1-3-17-12-18(15(2)22)20(13-19(17)23-11-7-10-21)24-14-16-8-5-4-6-9-16/h7-12,15-20,23-24H,5-6,13-14,21-22,25H2,1-4H3;4-6,8-9,12-13H,3,7,10-11,14H2,1-2H3. The Kier molecular flexibility index (Phi) is 21.3. The van der Waals surface area contributed by atoms with Gasteiger partial charge in [0.2, 0.25) is 0 Å². The third-order valence-corrected chi connectivity index (χ3v) is 11.0. The lowest BCUT2D eigenvalue weighted by Gasteiger charge is -2.18. The first-order chi connectivity index (χ1) is 33.1. The number of aryl methyl sites for hydroxylation is 2. The molecule has 0 aliphatic carbocycles. The Labute approximate surface area is 406 Å². The molecule has 0 heterocycles. The van der Waals surface area contributed by atoms with E-state index in [1.54, 1.807) is 32.0 Å². The van der Waals surface area contributed by atoms with Gasteiger partial charge in [-0.25, -0.2) is 4.79 Å². The first kappa shape index (κ1) is 52.2. The summed E-state index contributed by atoms with van der Waals surface area (Å²) in [5.41, 5.74) is 6.45. The zero-order valence-corrected chi connectivity index (χ0v) is 40.8. The molecule has 10 nitrogen and oxygen atoms in total. The van der Waals surface area contributed by atoms with E-state index >= 15 is 0 Å². The van der Waals surface area contributed by atoms with Crippen LogP contribution >= 0.6 is 11.6 Å². The molecule has 0 atom stereocenters. The van der Waals surface area contributed by atoms with E-state index in [0.29, 0.717) is 90.8 Å². The van der Waals surface area contributed by atoms with Crippen LogP contribution in [0.15, 0.2) is 127 Å². The van der Waals surface area contributed by atoms with Crippen molar-refractivity contribution in [1.82, 2.24) is 0 Å².